The van der Waals surface area contributed by atoms with Gasteiger partial charge < -0.3 is 10.4 Å². The predicted octanol–water partition coefficient (Wildman–Crippen LogP) is 1.86. The molecule has 16 heavy (non-hydrogen) atoms. The number of aliphatic carboxylic acids is 1. The maximum absolute atomic E-state index is 11.8. The second kappa shape index (κ2) is 5.14. The molecular weight excluding hydrogens is 206 g/mol. The molecule has 1 aliphatic carbocycles. The van der Waals surface area contributed by atoms with Crippen molar-refractivity contribution >= 4 is 11.9 Å². The summed E-state index contributed by atoms with van der Waals surface area (Å²) in [6, 6.07) is 0. The third-order valence-corrected chi connectivity index (χ3v) is 3.09. The second-order valence-electron chi connectivity index (χ2n) is 4.34. The van der Waals surface area contributed by atoms with Crippen molar-refractivity contribution in [1.29, 1.82) is 0 Å². The molecule has 4 nitrogen and oxygen atoms in total. The van der Waals surface area contributed by atoms with E-state index in [0.29, 0.717) is 18.4 Å². The van der Waals surface area contributed by atoms with Crippen LogP contribution in [0.1, 0.15) is 46.0 Å². The maximum atomic E-state index is 11.8. The zero-order valence-corrected chi connectivity index (χ0v) is 9.88. The number of rotatable bonds is 4. The minimum atomic E-state index is -1.03. The van der Waals surface area contributed by atoms with Gasteiger partial charge in [-0.3, -0.25) is 4.79 Å². The zero-order valence-electron chi connectivity index (χ0n) is 9.88. The Balaban J connectivity index is 2.74. The van der Waals surface area contributed by atoms with Crippen LogP contribution in [-0.4, -0.2) is 22.5 Å². The van der Waals surface area contributed by atoms with Gasteiger partial charge in [-0.05, 0) is 26.2 Å². The van der Waals surface area contributed by atoms with E-state index in [9.17, 15) is 14.7 Å². The monoisotopic (exact) mass is 225 g/mol. The van der Waals surface area contributed by atoms with Gasteiger partial charge in [0.25, 0.3) is 0 Å². The third kappa shape index (κ3) is 2.62. The molecule has 0 radical (unpaired) electrons. The average Bonchev–Trinajstić information content (AvgIpc) is 2.68. The molecule has 0 aliphatic heterocycles. The molecule has 1 fully saturated rings. The van der Waals surface area contributed by atoms with Gasteiger partial charge in [0, 0.05) is 5.57 Å². The fourth-order valence-electron chi connectivity index (χ4n) is 2.09. The quantitative estimate of drug-likeness (QED) is 0.718. The normalized spacial score (nSPS) is 19.5. The first-order chi connectivity index (χ1) is 7.52. The number of amides is 1. The Morgan fingerprint density at radius 2 is 1.94 bits per heavy atom. The molecule has 0 unspecified atom stereocenters. The lowest BCUT2D eigenvalue weighted by Gasteiger charge is -2.25. The lowest BCUT2D eigenvalue weighted by molar-refractivity contribution is -0.146. The third-order valence-electron chi connectivity index (χ3n) is 3.09. The molecule has 1 saturated carbocycles. The minimum absolute atomic E-state index is 0.258. The van der Waals surface area contributed by atoms with Crippen LogP contribution in [-0.2, 0) is 9.59 Å². The first-order valence-corrected chi connectivity index (χ1v) is 5.74. The predicted molar refractivity (Wildman–Crippen MR) is 61.0 cm³/mol. The van der Waals surface area contributed by atoms with Crippen LogP contribution >= 0.6 is 0 Å². The van der Waals surface area contributed by atoms with Crippen molar-refractivity contribution in [1.82, 2.24) is 5.32 Å². The highest BCUT2D eigenvalue weighted by molar-refractivity contribution is 5.96. The molecule has 90 valence electrons. The summed E-state index contributed by atoms with van der Waals surface area (Å²) < 4.78 is 0. The number of carbonyl (C=O) groups is 2. The van der Waals surface area contributed by atoms with Crippen LogP contribution in [0, 0.1) is 0 Å². The number of carboxylic acid groups (broad SMARTS) is 1. The summed E-state index contributed by atoms with van der Waals surface area (Å²) in [7, 11) is 0. The van der Waals surface area contributed by atoms with Crippen molar-refractivity contribution in [3.63, 3.8) is 0 Å². The molecule has 0 saturated heterocycles. The Hall–Kier alpha value is -1.32. The molecule has 1 rings (SSSR count). The van der Waals surface area contributed by atoms with Crippen LogP contribution in [0.4, 0.5) is 0 Å². The van der Waals surface area contributed by atoms with Crippen LogP contribution in [0.2, 0.25) is 0 Å². The van der Waals surface area contributed by atoms with Crippen molar-refractivity contribution < 1.29 is 14.7 Å². The average molecular weight is 225 g/mol. The van der Waals surface area contributed by atoms with Crippen LogP contribution in [0.25, 0.3) is 0 Å². The molecule has 0 heterocycles. The lowest BCUT2D eigenvalue weighted by Crippen LogP contribution is -2.52. The molecule has 0 spiro atoms. The van der Waals surface area contributed by atoms with Crippen molar-refractivity contribution in [2.45, 2.75) is 51.5 Å². The Bertz CT molecular complexity index is 314. The Morgan fingerprint density at radius 3 is 2.38 bits per heavy atom. The SMILES string of the molecule is CC/C=C(\C)C(=O)NC1(C(=O)O)CCCC1. The maximum Gasteiger partial charge on any atom is 0.329 e. The smallest absolute Gasteiger partial charge is 0.329 e. The van der Waals surface area contributed by atoms with Crippen molar-refractivity contribution in [2.24, 2.45) is 0 Å². The standard InChI is InChI=1S/C12H19NO3/c1-3-6-9(2)10(14)13-12(11(15)16)7-4-5-8-12/h6H,3-5,7-8H2,1-2H3,(H,13,14)(H,15,16)/b9-6+. The van der Waals surface area contributed by atoms with Crippen molar-refractivity contribution in [3.8, 4) is 0 Å². The summed E-state index contributed by atoms with van der Waals surface area (Å²) in [6.07, 6.45) is 5.38. The van der Waals surface area contributed by atoms with E-state index in [1.54, 1.807) is 13.0 Å². The fraction of sp³-hybridized carbons (Fsp3) is 0.667. The van der Waals surface area contributed by atoms with Gasteiger partial charge in [-0.2, -0.15) is 0 Å². The summed E-state index contributed by atoms with van der Waals surface area (Å²) in [4.78, 5) is 23.0. The van der Waals surface area contributed by atoms with Gasteiger partial charge in [-0.15, -0.1) is 0 Å². The molecule has 4 heteroatoms. The molecule has 0 aromatic carbocycles. The number of nitrogens with one attached hydrogen (secondary N) is 1. The summed E-state index contributed by atoms with van der Waals surface area (Å²) >= 11 is 0. The van der Waals surface area contributed by atoms with Crippen LogP contribution in [0.15, 0.2) is 11.6 Å². The molecule has 1 aliphatic rings. The zero-order chi connectivity index (χ0) is 12.2. The number of allylic oxidation sites excluding steroid dienone is 1. The van der Waals surface area contributed by atoms with E-state index in [0.717, 1.165) is 19.3 Å². The van der Waals surface area contributed by atoms with Gasteiger partial charge >= 0.3 is 5.97 Å². The van der Waals surface area contributed by atoms with Gasteiger partial charge in [0.15, 0.2) is 0 Å². The molecular formula is C12H19NO3. The lowest BCUT2D eigenvalue weighted by atomic mass is 9.97. The minimum Gasteiger partial charge on any atom is -0.480 e. The van der Waals surface area contributed by atoms with Gasteiger partial charge in [0.05, 0.1) is 0 Å². The second-order valence-corrected chi connectivity index (χ2v) is 4.34. The van der Waals surface area contributed by atoms with Crippen LogP contribution in [0.3, 0.4) is 0 Å². The summed E-state index contributed by atoms with van der Waals surface area (Å²) in [6.45, 7) is 3.66. The number of carbonyl (C=O) groups excluding carboxylic acids is 1. The Kier molecular flexibility index (Phi) is 4.10. The van der Waals surface area contributed by atoms with Gasteiger partial charge in [0.1, 0.15) is 5.54 Å². The summed E-state index contributed by atoms with van der Waals surface area (Å²) in [5.41, 5.74) is -0.435. The number of hydrogen-bond acceptors (Lipinski definition) is 2. The van der Waals surface area contributed by atoms with E-state index in [4.69, 9.17) is 0 Å². The van der Waals surface area contributed by atoms with E-state index in [1.807, 2.05) is 6.92 Å². The molecule has 0 aromatic heterocycles. The van der Waals surface area contributed by atoms with Gasteiger partial charge in [0.2, 0.25) is 5.91 Å². The van der Waals surface area contributed by atoms with Crippen molar-refractivity contribution in [2.75, 3.05) is 0 Å². The van der Waals surface area contributed by atoms with E-state index in [-0.39, 0.29) is 5.91 Å². The van der Waals surface area contributed by atoms with Gasteiger partial charge in [-0.1, -0.05) is 25.8 Å². The first-order valence-electron chi connectivity index (χ1n) is 5.74. The van der Waals surface area contributed by atoms with E-state index in [1.165, 1.54) is 0 Å². The van der Waals surface area contributed by atoms with E-state index >= 15 is 0 Å². The van der Waals surface area contributed by atoms with Crippen LogP contribution in [0.5, 0.6) is 0 Å². The topological polar surface area (TPSA) is 66.4 Å². The molecule has 0 atom stereocenters. The highest BCUT2D eigenvalue weighted by atomic mass is 16.4. The Labute approximate surface area is 95.7 Å². The summed E-state index contributed by atoms with van der Waals surface area (Å²) in [5, 5.41) is 11.9. The van der Waals surface area contributed by atoms with E-state index < -0.39 is 11.5 Å². The van der Waals surface area contributed by atoms with Gasteiger partial charge in [-0.25, -0.2) is 4.79 Å². The van der Waals surface area contributed by atoms with Crippen LogP contribution < -0.4 is 5.32 Å². The highest BCUT2D eigenvalue weighted by Crippen LogP contribution is 2.30. The molecule has 2 N–H and O–H groups in total. The largest absolute Gasteiger partial charge is 0.480 e. The summed E-state index contributed by atoms with van der Waals surface area (Å²) in [5.74, 6) is -1.17. The molecule has 0 aromatic rings. The highest BCUT2D eigenvalue weighted by Gasteiger charge is 2.42. The van der Waals surface area contributed by atoms with Crippen molar-refractivity contribution in [3.05, 3.63) is 11.6 Å². The molecule has 0 bridgehead atoms. The number of hydrogen-bond donors (Lipinski definition) is 2. The fourth-order valence-corrected chi connectivity index (χ4v) is 2.09. The number of carboxylic acids is 1. The first kappa shape index (κ1) is 12.7. The Morgan fingerprint density at radius 1 is 1.38 bits per heavy atom. The van der Waals surface area contributed by atoms with E-state index in [2.05, 4.69) is 5.32 Å². The molecule has 1 amide bonds.